The second-order valence-electron chi connectivity index (χ2n) is 11.7. The summed E-state index contributed by atoms with van der Waals surface area (Å²) in [5.74, 6) is -1.11. The maximum Gasteiger partial charge on any atom is 0.325 e. The third kappa shape index (κ3) is 12.4. The molecule has 1 N–H and O–H groups in total. The van der Waals surface area contributed by atoms with Crippen LogP contribution in [0.15, 0.2) is 152 Å². The van der Waals surface area contributed by atoms with Gasteiger partial charge in [0.1, 0.15) is 25.4 Å². The summed E-state index contributed by atoms with van der Waals surface area (Å²) in [6, 6.07) is 48.2. The van der Waals surface area contributed by atoms with Crippen LogP contribution in [0.4, 0.5) is 0 Å². The Morgan fingerprint density at radius 2 is 0.880 bits per heavy atom. The Labute approximate surface area is 293 Å². The number of amides is 1. The molecule has 258 valence electrons. The largest absolute Gasteiger partial charge is 0.460 e. The lowest BCUT2D eigenvalue weighted by molar-refractivity contribution is -0.178. The minimum absolute atomic E-state index is 0.0977. The van der Waals surface area contributed by atoms with Gasteiger partial charge in [0.2, 0.25) is 0 Å². The van der Waals surface area contributed by atoms with Crippen LogP contribution in [0, 0.1) is 0 Å². The highest BCUT2D eigenvalue weighted by atomic mass is 16.6. The van der Waals surface area contributed by atoms with Gasteiger partial charge in [0.25, 0.3) is 5.91 Å². The zero-order valence-electron chi connectivity index (χ0n) is 28.0. The zero-order chi connectivity index (χ0) is 34.6. The van der Waals surface area contributed by atoms with E-state index in [4.69, 9.17) is 23.7 Å². The fourth-order valence-corrected chi connectivity index (χ4v) is 5.17. The van der Waals surface area contributed by atoms with Crippen molar-refractivity contribution in [1.82, 2.24) is 5.32 Å². The van der Waals surface area contributed by atoms with Crippen molar-refractivity contribution in [2.45, 2.75) is 51.3 Å². The summed E-state index contributed by atoms with van der Waals surface area (Å²) in [6.07, 6.45) is -2.85. The van der Waals surface area contributed by atoms with Gasteiger partial charge in [0.15, 0.2) is 6.10 Å². The van der Waals surface area contributed by atoms with Crippen molar-refractivity contribution in [2.24, 2.45) is 0 Å². The van der Waals surface area contributed by atoms with Gasteiger partial charge in [-0.05, 0) is 27.8 Å². The molecule has 0 aromatic heterocycles. The first kappa shape index (κ1) is 36.2. The Balaban J connectivity index is 1.38. The Kier molecular flexibility index (Phi) is 14.8. The minimum Gasteiger partial charge on any atom is -0.460 e. The van der Waals surface area contributed by atoms with Crippen molar-refractivity contribution in [3.8, 4) is 0 Å². The highest BCUT2D eigenvalue weighted by molar-refractivity contribution is 5.85. The molecule has 5 aromatic carbocycles. The molecule has 0 spiro atoms. The normalized spacial score (nSPS) is 12.8. The molecule has 0 radical (unpaired) electrons. The van der Waals surface area contributed by atoms with E-state index in [1.165, 1.54) is 0 Å². The molecule has 0 fully saturated rings. The van der Waals surface area contributed by atoms with Crippen LogP contribution in [0.5, 0.6) is 0 Å². The van der Waals surface area contributed by atoms with Crippen molar-refractivity contribution >= 4 is 11.9 Å². The number of benzene rings is 5. The van der Waals surface area contributed by atoms with Gasteiger partial charge < -0.3 is 29.0 Å². The SMILES string of the molecule is O=C(CNC(=O)[C@@H](OCc1ccccc1)[C@H](OCc1ccccc1)[C@@H](COCc1ccccc1)OCc1ccccc1)OCc1ccccc1. The zero-order valence-corrected chi connectivity index (χ0v) is 28.0. The monoisotopic (exact) mass is 673 g/mol. The second-order valence-corrected chi connectivity index (χ2v) is 11.7. The maximum atomic E-state index is 14.0. The van der Waals surface area contributed by atoms with Crippen LogP contribution >= 0.6 is 0 Å². The predicted molar refractivity (Wildman–Crippen MR) is 190 cm³/mol. The fraction of sp³-hybridized carbons (Fsp3) is 0.238. The van der Waals surface area contributed by atoms with Gasteiger partial charge in [-0.3, -0.25) is 9.59 Å². The van der Waals surface area contributed by atoms with Crippen molar-refractivity contribution in [1.29, 1.82) is 0 Å². The molecule has 0 saturated heterocycles. The van der Waals surface area contributed by atoms with Crippen LogP contribution in [-0.4, -0.2) is 43.3 Å². The molecule has 1 amide bonds. The lowest BCUT2D eigenvalue weighted by Gasteiger charge is -2.33. The van der Waals surface area contributed by atoms with Gasteiger partial charge in [-0.25, -0.2) is 0 Å². The predicted octanol–water partition coefficient (Wildman–Crippen LogP) is 6.82. The quantitative estimate of drug-likeness (QED) is 0.0907. The summed E-state index contributed by atoms with van der Waals surface area (Å²) < 4.78 is 31.1. The number of carbonyl (C=O) groups excluding carboxylic acids is 2. The number of esters is 1. The molecule has 8 nitrogen and oxygen atoms in total. The first-order valence-corrected chi connectivity index (χ1v) is 16.7. The van der Waals surface area contributed by atoms with Crippen molar-refractivity contribution in [2.75, 3.05) is 13.2 Å². The standard InChI is InChI=1S/C42H43NO7/c44-39(48-29-35-20-10-3-11-21-35)26-43-42(45)41(50-31-37-24-14-5-15-25-37)40(49-30-36-22-12-4-13-23-36)38(47-28-34-18-8-2-9-19-34)32-46-27-33-16-6-1-7-17-33/h1-25,38,40-41H,26-32H2,(H,43,45)/t38-,40-,41+/m1/s1. The number of rotatable bonds is 20. The van der Waals surface area contributed by atoms with E-state index < -0.39 is 30.2 Å². The third-order valence-electron chi connectivity index (χ3n) is 7.83. The minimum atomic E-state index is -1.18. The summed E-state index contributed by atoms with van der Waals surface area (Å²) in [5, 5.41) is 2.73. The van der Waals surface area contributed by atoms with E-state index in [0.29, 0.717) is 6.61 Å². The summed E-state index contributed by atoms with van der Waals surface area (Å²) in [6.45, 7) is 0.768. The van der Waals surface area contributed by atoms with E-state index >= 15 is 0 Å². The van der Waals surface area contributed by atoms with Crippen molar-refractivity contribution < 1.29 is 33.3 Å². The number of carbonyl (C=O) groups is 2. The summed E-state index contributed by atoms with van der Waals surface area (Å²) in [5.41, 5.74) is 4.58. The molecule has 5 aromatic rings. The molecule has 3 atom stereocenters. The Morgan fingerprint density at radius 3 is 1.36 bits per heavy atom. The van der Waals surface area contributed by atoms with Gasteiger partial charge in [0.05, 0.1) is 33.0 Å². The van der Waals surface area contributed by atoms with E-state index in [2.05, 4.69) is 5.32 Å². The van der Waals surface area contributed by atoms with Crippen LogP contribution in [0.3, 0.4) is 0 Å². The molecule has 0 aliphatic heterocycles. The van der Waals surface area contributed by atoms with Gasteiger partial charge >= 0.3 is 5.97 Å². The second kappa shape index (κ2) is 20.4. The molecule has 50 heavy (non-hydrogen) atoms. The Bertz CT molecular complexity index is 1670. The van der Waals surface area contributed by atoms with E-state index in [1.807, 2.05) is 152 Å². The molecule has 0 bridgehead atoms. The average Bonchev–Trinajstić information content (AvgIpc) is 3.18. The van der Waals surface area contributed by atoms with E-state index in [1.54, 1.807) is 0 Å². The summed E-state index contributed by atoms with van der Waals surface area (Å²) >= 11 is 0. The van der Waals surface area contributed by atoms with Gasteiger partial charge in [0, 0.05) is 0 Å². The van der Waals surface area contributed by atoms with E-state index in [0.717, 1.165) is 27.8 Å². The van der Waals surface area contributed by atoms with Crippen LogP contribution in [0.1, 0.15) is 27.8 Å². The Morgan fingerprint density at radius 1 is 0.480 bits per heavy atom. The van der Waals surface area contributed by atoms with Gasteiger partial charge in [-0.1, -0.05) is 152 Å². The number of hydrogen-bond donors (Lipinski definition) is 1. The molecule has 5 rings (SSSR count). The van der Waals surface area contributed by atoms with Gasteiger partial charge in [-0.2, -0.15) is 0 Å². The molecule has 0 heterocycles. The number of hydrogen-bond acceptors (Lipinski definition) is 7. The summed E-state index contributed by atoms with van der Waals surface area (Å²) in [7, 11) is 0. The highest BCUT2D eigenvalue weighted by Crippen LogP contribution is 2.20. The molecule has 0 saturated carbocycles. The molecule has 0 aliphatic rings. The third-order valence-corrected chi connectivity index (χ3v) is 7.83. The van der Waals surface area contributed by atoms with Crippen LogP contribution < -0.4 is 5.32 Å². The van der Waals surface area contributed by atoms with Crippen molar-refractivity contribution in [3.05, 3.63) is 179 Å². The fourth-order valence-electron chi connectivity index (χ4n) is 5.17. The first-order chi connectivity index (χ1) is 24.6. The number of nitrogens with one attached hydrogen (secondary N) is 1. The molecular weight excluding hydrogens is 630 g/mol. The lowest BCUT2D eigenvalue weighted by atomic mass is 10.1. The van der Waals surface area contributed by atoms with Gasteiger partial charge in [-0.15, -0.1) is 0 Å². The summed E-state index contributed by atoms with van der Waals surface area (Å²) in [4.78, 5) is 26.8. The maximum absolute atomic E-state index is 14.0. The Hall–Kier alpha value is -5.12. The van der Waals surface area contributed by atoms with Crippen molar-refractivity contribution in [3.63, 3.8) is 0 Å². The smallest absolute Gasteiger partial charge is 0.325 e. The molecule has 0 aliphatic carbocycles. The highest BCUT2D eigenvalue weighted by Gasteiger charge is 2.38. The topological polar surface area (TPSA) is 92.3 Å². The van der Waals surface area contributed by atoms with Crippen LogP contribution in [-0.2, 0) is 66.3 Å². The average molecular weight is 674 g/mol. The lowest BCUT2D eigenvalue weighted by Crippen LogP contribution is -2.52. The molecular formula is C42H43NO7. The van der Waals surface area contributed by atoms with Crippen LogP contribution in [0.2, 0.25) is 0 Å². The van der Waals surface area contributed by atoms with E-state index in [9.17, 15) is 9.59 Å². The van der Waals surface area contributed by atoms with E-state index in [-0.39, 0.29) is 39.6 Å². The van der Waals surface area contributed by atoms with Crippen LogP contribution in [0.25, 0.3) is 0 Å². The molecule has 8 heteroatoms. The molecule has 0 unspecified atom stereocenters. The first-order valence-electron chi connectivity index (χ1n) is 16.7. The number of ether oxygens (including phenoxy) is 5.